The summed E-state index contributed by atoms with van der Waals surface area (Å²) < 4.78 is 45.8. The van der Waals surface area contributed by atoms with Crippen molar-refractivity contribution in [1.29, 1.82) is 0 Å². The molecular weight excluding hydrogens is 498 g/mol. The minimum absolute atomic E-state index is 0. The Morgan fingerprint density at radius 1 is 0.966 bits per heavy atom. The summed E-state index contributed by atoms with van der Waals surface area (Å²) in [6, 6.07) is 15.5. The van der Waals surface area contributed by atoms with Gasteiger partial charge in [-0.25, -0.2) is 4.99 Å². The summed E-state index contributed by atoms with van der Waals surface area (Å²) in [7, 11) is 0. The Kier molecular flexibility index (Phi) is 11.4. The van der Waals surface area contributed by atoms with E-state index in [1.54, 1.807) is 0 Å². The van der Waals surface area contributed by atoms with E-state index in [1.165, 1.54) is 24.3 Å². The SMILES string of the molecule is I.NC(=NCc1ccc(OC(F)(F)F)cc1)NCCCCOCc1ccccc1. The lowest BCUT2D eigenvalue weighted by Crippen LogP contribution is -2.32. The second-order valence-electron chi connectivity index (χ2n) is 6.07. The molecule has 0 saturated heterocycles. The molecule has 0 aliphatic rings. The van der Waals surface area contributed by atoms with Crippen LogP contribution in [0.4, 0.5) is 13.2 Å². The van der Waals surface area contributed by atoms with Crippen molar-refractivity contribution < 1.29 is 22.6 Å². The first-order valence-corrected chi connectivity index (χ1v) is 8.92. The van der Waals surface area contributed by atoms with Gasteiger partial charge in [-0.05, 0) is 36.1 Å². The molecule has 29 heavy (non-hydrogen) atoms. The van der Waals surface area contributed by atoms with Crippen LogP contribution in [0.15, 0.2) is 59.6 Å². The van der Waals surface area contributed by atoms with Crippen molar-refractivity contribution in [2.45, 2.75) is 32.4 Å². The van der Waals surface area contributed by atoms with Crippen LogP contribution in [0.3, 0.4) is 0 Å². The minimum atomic E-state index is -4.69. The average Bonchev–Trinajstić information content (AvgIpc) is 2.66. The van der Waals surface area contributed by atoms with Crippen LogP contribution in [-0.4, -0.2) is 25.5 Å². The number of ether oxygens (including phenoxy) is 2. The van der Waals surface area contributed by atoms with Crippen LogP contribution in [0.2, 0.25) is 0 Å². The Bertz CT molecular complexity index is 726. The molecule has 0 radical (unpaired) electrons. The maximum atomic E-state index is 12.1. The van der Waals surface area contributed by atoms with Crippen LogP contribution in [0.5, 0.6) is 5.75 Å². The normalized spacial score (nSPS) is 11.6. The predicted molar refractivity (Wildman–Crippen MR) is 117 cm³/mol. The number of halogens is 4. The summed E-state index contributed by atoms with van der Waals surface area (Å²) in [5.74, 6) is 0.0293. The third-order valence-electron chi connectivity index (χ3n) is 3.72. The summed E-state index contributed by atoms with van der Waals surface area (Å²) in [6.45, 7) is 2.21. The van der Waals surface area contributed by atoms with Gasteiger partial charge in [0.25, 0.3) is 0 Å². The summed E-state index contributed by atoms with van der Waals surface area (Å²) >= 11 is 0. The van der Waals surface area contributed by atoms with Gasteiger partial charge in [0.1, 0.15) is 5.75 Å². The molecule has 0 bridgehead atoms. The number of hydrogen-bond acceptors (Lipinski definition) is 3. The molecule has 0 unspecified atom stereocenters. The largest absolute Gasteiger partial charge is 0.573 e. The van der Waals surface area contributed by atoms with Crippen LogP contribution in [0.25, 0.3) is 0 Å². The number of aliphatic imine (C=N–C) groups is 1. The van der Waals surface area contributed by atoms with Crippen molar-refractivity contribution in [3.63, 3.8) is 0 Å². The van der Waals surface area contributed by atoms with E-state index in [1.807, 2.05) is 30.3 Å². The Morgan fingerprint density at radius 3 is 2.31 bits per heavy atom. The standard InChI is InChI=1S/C20H24F3N3O2.HI/c21-20(22,23)28-18-10-8-16(9-11-18)14-26-19(24)25-12-4-5-13-27-15-17-6-2-1-3-7-17;/h1-3,6-11H,4-5,12-15H2,(H3,24,25,26);1H. The van der Waals surface area contributed by atoms with E-state index in [2.05, 4.69) is 15.0 Å². The first-order chi connectivity index (χ1) is 13.4. The summed E-state index contributed by atoms with van der Waals surface area (Å²) in [5.41, 5.74) is 7.66. The van der Waals surface area contributed by atoms with Gasteiger partial charge in [0.15, 0.2) is 5.96 Å². The summed E-state index contributed by atoms with van der Waals surface area (Å²) in [6.07, 6.45) is -2.91. The first-order valence-electron chi connectivity index (χ1n) is 8.92. The Hall–Kier alpha value is -2.01. The van der Waals surface area contributed by atoms with Gasteiger partial charge in [-0.3, -0.25) is 0 Å². The van der Waals surface area contributed by atoms with E-state index in [0.717, 1.165) is 24.0 Å². The van der Waals surface area contributed by atoms with Crippen molar-refractivity contribution in [1.82, 2.24) is 5.32 Å². The monoisotopic (exact) mass is 523 g/mol. The predicted octanol–water partition coefficient (Wildman–Crippen LogP) is 4.60. The molecule has 0 aromatic heterocycles. The highest BCUT2D eigenvalue weighted by Gasteiger charge is 2.30. The zero-order valence-corrected chi connectivity index (χ0v) is 18.2. The van der Waals surface area contributed by atoms with Crippen molar-refractivity contribution in [2.24, 2.45) is 10.7 Å². The molecule has 9 heteroatoms. The smallest absolute Gasteiger partial charge is 0.406 e. The quantitative estimate of drug-likeness (QED) is 0.207. The fourth-order valence-corrected chi connectivity index (χ4v) is 2.34. The second-order valence-corrected chi connectivity index (χ2v) is 6.07. The fourth-order valence-electron chi connectivity index (χ4n) is 2.34. The molecule has 0 aliphatic heterocycles. The van der Waals surface area contributed by atoms with Crippen molar-refractivity contribution in [3.05, 3.63) is 65.7 Å². The number of guanidine groups is 1. The van der Waals surface area contributed by atoms with Crippen LogP contribution in [0, 0.1) is 0 Å². The van der Waals surface area contributed by atoms with Crippen molar-refractivity contribution >= 4 is 29.9 Å². The molecule has 0 fully saturated rings. The van der Waals surface area contributed by atoms with Crippen molar-refractivity contribution in [2.75, 3.05) is 13.2 Å². The summed E-state index contributed by atoms with van der Waals surface area (Å²) in [5, 5.41) is 3.00. The highest BCUT2D eigenvalue weighted by molar-refractivity contribution is 14.0. The van der Waals surface area contributed by atoms with E-state index in [9.17, 15) is 13.2 Å². The van der Waals surface area contributed by atoms with Gasteiger partial charge in [0.2, 0.25) is 0 Å². The lowest BCUT2D eigenvalue weighted by Gasteiger charge is -2.09. The van der Waals surface area contributed by atoms with Gasteiger partial charge in [0.05, 0.1) is 13.2 Å². The molecule has 3 N–H and O–H groups in total. The number of nitrogens with two attached hydrogens (primary N) is 1. The molecule has 0 aliphatic carbocycles. The topological polar surface area (TPSA) is 68.9 Å². The maximum absolute atomic E-state index is 12.1. The van der Waals surface area contributed by atoms with Crippen LogP contribution < -0.4 is 15.8 Å². The van der Waals surface area contributed by atoms with Crippen LogP contribution in [0.1, 0.15) is 24.0 Å². The summed E-state index contributed by atoms with van der Waals surface area (Å²) in [4.78, 5) is 4.16. The average molecular weight is 523 g/mol. The molecule has 2 aromatic carbocycles. The van der Waals surface area contributed by atoms with Gasteiger partial charge in [-0.1, -0.05) is 42.5 Å². The fraction of sp³-hybridized carbons (Fsp3) is 0.350. The van der Waals surface area contributed by atoms with Gasteiger partial charge in [0, 0.05) is 13.2 Å². The van der Waals surface area contributed by atoms with Gasteiger partial charge in [-0.15, -0.1) is 37.1 Å². The number of alkyl halides is 3. The molecule has 0 spiro atoms. The van der Waals surface area contributed by atoms with Crippen LogP contribution in [-0.2, 0) is 17.9 Å². The zero-order chi connectivity index (χ0) is 20.2. The minimum Gasteiger partial charge on any atom is -0.406 e. The third-order valence-corrected chi connectivity index (χ3v) is 3.72. The Morgan fingerprint density at radius 2 is 1.66 bits per heavy atom. The van der Waals surface area contributed by atoms with E-state index < -0.39 is 6.36 Å². The molecule has 5 nitrogen and oxygen atoms in total. The van der Waals surface area contributed by atoms with Crippen molar-refractivity contribution in [3.8, 4) is 5.75 Å². The Balaban J connectivity index is 0.00000420. The maximum Gasteiger partial charge on any atom is 0.573 e. The lowest BCUT2D eigenvalue weighted by atomic mass is 10.2. The number of hydrogen-bond donors (Lipinski definition) is 2. The van der Waals surface area contributed by atoms with Gasteiger partial charge in [-0.2, -0.15) is 0 Å². The number of rotatable bonds is 10. The van der Waals surface area contributed by atoms with E-state index in [4.69, 9.17) is 10.5 Å². The molecule has 2 rings (SSSR count). The van der Waals surface area contributed by atoms with Gasteiger partial charge < -0.3 is 20.5 Å². The number of nitrogens with zero attached hydrogens (tertiary/aromatic N) is 1. The second kappa shape index (κ2) is 13.3. The highest BCUT2D eigenvalue weighted by atomic mass is 127. The van der Waals surface area contributed by atoms with E-state index in [0.29, 0.717) is 25.7 Å². The number of unbranched alkanes of at least 4 members (excludes halogenated alkanes) is 1. The zero-order valence-electron chi connectivity index (χ0n) is 15.8. The lowest BCUT2D eigenvalue weighted by molar-refractivity contribution is -0.274. The molecule has 0 atom stereocenters. The molecule has 0 saturated carbocycles. The van der Waals surface area contributed by atoms with Gasteiger partial charge >= 0.3 is 6.36 Å². The third kappa shape index (κ3) is 11.5. The molecule has 0 heterocycles. The number of nitrogens with one attached hydrogen (secondary N) is 1. The van der Waals surface area contributed by atoms with E-state index in [-0.39, 0.29) is 36.3 Å². The molecule has 2 aromatic rings. The molecule has 0 amide bonds. The molecular formula is C20H25F3IN3O2. The Labute approximate surface area is 185 Å². The van der Waals surface area contributed by atoms with Crippen LogP contribution >= 0.6 is 24.0 Å². The number of benzene rings is 2. The highest BCUT2D eigenvalue weighted by Crippen LogP contribution is 2.22. The van der Waals surface area contributed by atoms with E-state index >= 15 is 0 Å². The first kappa shape index (κ1) is 25.0. The molecule has 160 valence electrons.